The second-order valence-electron chi connectivity index (χ2n) is 8.37. The fourth-order valence-electron chi connectivity index (χ4n) is 4.27. The highest BCUT2D eigenvalue weighted by molar-refractivity contribution is 6.10. The molecule has 172 valence electrons. The number of H-pyrrole nitrogens is 1. The lowest BCUT2D eigenvalue weighted by molar-refractivity contribution is -0.131. The van der Waals surface area contributed by atoms with E-state index in [4.69, 9.17) is 4.74 Å². The van der Waals surface area contributed by atoms with E-state index >= 15 is 0 Å². The van der Waals surface area contributed by atoms with Crippen molar-refractivity contribution in [3.63, 3.8) is 0 Å². The summed E-state index contributed by atoms with van der Waals surface area (Å²) in [6, 6.07) is 22.4. The minimum Gasteiger partial charge on any atom is -0.474 e. The molecule has 0 aliphatic carbocycles. The zero-order valence-corrected chi connectivity index (χ0v) is 18.8. The number of amides is 2. The monoisotopic (exact) mass is 454 g/mol. The molecule has 34 heavy (non-hydrogen) atoms. The number of hydrogen-bond donors (Lipinski definition) is 1. The molecular weight excluding hydrogens is 428 g/mol. The molecule has 1 aliphatic heterocycles. The van der Waals surface area contributed by atoms with Crippen LogP contribution in [0.2, 0.25) is 0 Å². The molecule has 7 nitrogen and oxygen atoms in total. The predicted octanol–water partition coefficient (Wildman–Crippen LogP) is 4.28. The zero-order valence-electron chi connectivity index (χ0n) is 18.8. The summed E-state index contributed by atoms with van der Waals surface area (Å²) in [6.45, 7) is 1.15. The normalized spacial score (nSPS) is 14.2. The molecule has 0 bridgehead atoms. The van der Waals surface area contributed by atoms with E-state index in [1.165, 1.54) is 0 Å². The summed E-state index contributed by atoms with van der Waals surface area (Å²) >= 11 is 0. The first kappa shape index (κ1) is 21.7. The van der Waals surface area contributed by atoms with Crippen LogP contribution in [0, 0.1) is 0 Å². The summed E-state index contributed by atoms with van der Waals surface area (Å²) in [5.74, 6) is 0.325. The molecule has 1 N–H and O–H groups in total. The number of ether oxygens (including phenoxy) is 1. The maximum Gasteiger partial charge on any atom is 0.258 e. The van der Waals surface area contributed by atoms with Crippen molar-refractivity contribution in [3.8, 4) is 5.88 Å². The van der Waals surface area contributed by atoms with Gasteiger partial charge in [0.2, 0.25) is 11.8 Å². The molecule has 3 heterocycles. The molecule has 1 fully saturated rings. The SMILES string of the molecule is O=C(CN(C(=O)c1ccc2cc[nH]c2c1)c1ccccc1)N1CCC(Oc2ccccn2)CC1. The van der Waals surface area contributed by atoms with E-state index in [1.54, 1.807) is 17.2 Å². The van der Waals surface area contributed by atoms with E-state index in [2.05, 4.69) is 9.97 Å². The van der Waals surface area contributed by atoms with Gasteiger partial charge in [0.05, 0.1) is 0 Å². The van der Waals surface area contributed by atoms with Gasteiger partial charge in [-0.25, -0.2) is 4.98 Å². The van der Waals surface area contributed by atoms with Gasteiger partial charge in [0, 0.05) is 61.2 Å². The Morgan fingerprint density at radius 3 is 2.56 bits per heavy atom. The van der Waals surface area contributed by atoms with Crippen LogP contribution in [0.3, 0.4) is 0 Å². The molecular formula is C27H26N4O3. The molecule has 0 spiro atoms. The maximum absolute atomic E-state index is 13.5. The van der Waals surface area contributed by atoms with Gasteiger partial charge >= 0.3 is 0 Å². The molecule has 7 heteroatoms. The van der Waals surface area contributed by atoms with Gasteiger partial charge in [-0.1, -0.05) is 30.3 Å². The Kier molecular flexibility index (Phi) is 6.25. The molecule has 0 radical (unpaired) electrons. The Labute approximate surface area is 198 Å². The summed E-state index contributed by atoms with van der Waals surface area (Å²) in [7, 11) is 0. The Hall–Kier alpha value is -4.13. The van der Waals surface area contributed by atoms with Crippen LogP contribution in [0.15, 0.2) is 85.2 Å². The summed E-state index contributed by atoms with van der Waals surface area (Å²) in [6.07, 6.45) is 5.03. The second-order valence-corrected chi connectivity index (χ2v) is 8.37. The number of anilines is 1. The van der Waals surface area contributed by atoms with Gasteiger partial charge in [-0.15, -0.1) is 0 Å². The third-order valence-corrected chi connectivity index (χ3v) is 6.13. The van der Waals surface area contributed by atoms with Gasteiger partial charge in [0.1, 0.15) is 12.6 Å². The Balaban J connectivity index is 1.28. The molecule has 5 rings (SSSR count). The van der Waals surface area contributed by atoms with E-state index < -0.39 is 0 Å². The number of hydrogen-bond acceptors (Lipinski definition) is 4. The van der Waals surface area contributed by atoms with Crippen LogP contribution >= 0.6 is 0 Å². The number of carbonyl (C=O) groups is 2. The second kappa shape index (κ2) is 9.79. The average Bonchev–Trinajstić information content (AvgIpc) is 3.36. The average molecular weight is 455 g/mol. The highest BCUT2D eigenvalue weighted by Gasteiger charge is 2.28. The highest BCUT2D eigenvalue weighted by Crippen LogP contribution is 2.22. The predicted molar refractivity (Wildman–Crippen MR) is 131 cm³/mol. The summed E-state index contributed by atoms with van der Waals surface area (Å²) in [5.41, 5.74) is 2.12. The lowest BCUT2D eigenvalue weighted by atomic mass is 10.1. The molecule has 1 aliphatic rings. The number of pyridine rings is 1. The lowest BCUT2D eigenvalue weighted by Gasteiger charge is -2.33. The van der Waals surface area contributed by atoms with Crippen molar-refractivity contribution >= 4 is 28.4 Å². The van der Waals surface area contributed by atoms with Gasteiger partial charge in [-0.05, 0) is 41.8 Å². The topological polar surface area (TPSA) is 78.5 Å². The third-order valence-electron chi connectivity index (χ3n) is 6.13. The lowest BCUT2D eigenvalue weighted by Crippen LogP contribution is -2.47. The fourth-order valence-corrected chi connectivity index (χ4v) is 4.27. The fraction of sp³-hybridized carbons (Fsp3) is 0.222. The van der Waals surface area contributed by atoms with E-state index in [0.29, 0.717) is 30.2 Å². The Morgan fingerprint density at radius 2 is 1.79 bits per heavy atom. The molecule has 0 saturated carbocycles. The first-order valence-electron chi connectivity index (χ1n) is 11.5. The smallest absolute Gasteiger partial charge is 0.258 e. The number of benzene rings is 2. The van der Waals surface area contributed by atoms with Gasteiger partial charge in [-0.3, -0.25) is 14.5 Å². The zero-order chi connectivity index (χ0) is 23.3. The van der Waals surface area contributed by atoms with Crippen LogP contribution in [-0.2, 0) is 4.79 Å². The number of likely N-dealkylation sites (tertiary alicyclic amines) is 1. The van der Waals surface area contributed by atoms with Gasteiger partial charge < -0.3 is 14.6 Å². The molecule has 2 aromatic heterocycles. The van der Waals surface area contributed by atoms with Crippen LogP contribution < -0.4 is 9.64 Å². The van der Waals surface area contributed by atoms with Crippen LogP contribution in [-0.4, -0.2) is 52.4 Å². The van der Waals surface area contributed by atoms with E-state index in [-0.39, 0.29) is 24.5 Å². The van der Waals surface area contributed by atoms with E-state index in [0.717, 1.165) is 23.7 Å². The van der Waals surface area contributed by atoms with Crippen molar-refractivity contribution in [1.82, 2.24) is 14.9 Å². The van der Waals surface area contributed by atoms with Crippen LogP contribution in [0.4, 0.5) is 5.69 Å². The Bertz CT molecular complexity index is 1260. The molecule has 4 aromatic rings. The van der Waals surface area contributed by atoms with Crippen LogP contribution in [0.1, 0.15) is 23.2 Å². The van der Waals surface area contributed by atoms with Crippen molar-refractivity contribution < 1.29 is 14.3 Å². The first-order valence-corrected chi connectivity index (χ1v) is 11.5. The van der Waals surface area contributed by atoms with Crippen molar-refractivity contribution in [2.45, 2.75) is 18.9 Å². The number of para-hydroxylation sites is 1. The first-order chi connectivity index (χ1) is 16.7. The molecule has 2 amide bonds. The number of rotatable bonds is 6. The summed E-state index contributed by atoms with van der Waals surface area (Å²) in [4.78, 5) is 37.5. The minimum atomic E-state index is -0.204. The number of aromatic amines is 1. The largest absolute Gasteiger partial charge is 0.474 e. The number of carbonyl (C=O) groups excluding carboxylic acids is 2. The summed E-state index contributed by atoms with van der Waals surface area (Å²) in [5, 5.41) is 1.04. The quantitative estimate of drug-likeness (QED) is 0.472. The molecule has 0 unspecified atom stereocenters. The minimum absolute atomic E-state index is 0.0165. The number of piperidine rings is 1. The Morgan fingerprint density at radius 1 is 1.00 bits per heavy atom. The van der Waals surface area contributed by atoms with Crippen molar-refractivity contribution in [2.24, 2.45) is 0 Å². The van der Waals surface area contributed by atoms with Gasteiger partial charge in [0.15, 0.2) is 0 Å². The van der Waals surface area contributed by atoms with Crippen molar-refractivity contribution in [3.05, 3.63) is 90.8 Å². The van der Waals surface area contributed by atoms with Crippen LogP contribution in [0.5, 0.6) is 5.88 Å². The number of aromatic nitrogens is 2. The molecule has 0 atom stereocenters. The van der Waals surface area contributed by atoms with Crippen molar-refractivity contribution in [2.75, 3.05) is 24.5 Å². The number of nitrogens with zero attached hydrogens (tertiary/aromatic N) is 3. The third kappa shape index (κ3) is 4.78. The van der Waals surface area contributed by atoms with Crippen LogP contribution in [0.25, 0.3) is 10.9 Å². The van der Waals surface area contributed by atoms with E-state index in [1.807, 2.05) is 77.8 Å². The van der Waals surface area contributed by atoms with Crippen molar-refractivity contribution in [1.29, 1.82) is 0 Å². The number of nitrogens with one attached hydrogen (secondary N) is 1. The van der Waals surface area contributed by atoms with Gasteiger partial charge in [0.25, 0.3) is 5.91 Å². The summed E-state index contributed by atoms with van der Waals surface area (Å²) < 4.78 is 5.94. The van der Waals surface area contributed by atoms with E-state index in [9.17, 15) is 9.59 Å². The molecule has 1 saturated heterocycles. The maximum atomic E-state index is 13.5. The highest BCUT2D eigenvalue weighted by atomic mass is 16.5. The standard InChI is InChI=1S/C27H26N4O3/c32-26(30-16-12-23(13-17-30)34-25-8-4-5-14-29-25)19-31(22-6-2-1-3-7-22)27(33)21-10-9-20-11-15-28-24(20)18-21/h1-11,14-15,18,23,28H,12-13,16-17,19H2. The van der Waals surface area contributed by atoms with Gasteiger partial charge in [-0.2, -0.15) is 0 Å². The number of fused-ring (bicyclic) bond motifs is 1. The molecule has 2 aromatic carbocycles.